The molecule has 0 bridgehead atoms. The van der Waals surface area contributed by atoms with E-state index in [0.717, 1.165) is 5.56 Å². The van der Waals surface area contributed by atoms with E-state index in [0.29, 0.717) is 17.0 Å². The fraction of sp³-hybridized carbons (Fsp3) is 0.389. The Balaban J connectivity index is 1.59. The summed E-state index contributed by atoms with van der Waals surface area (Å²) in [7, 11) is -3.99. The monoisotopic (exact) mass is 465 g/mol. The van der Waals surface area contributed by atoms with Gasteiger partial charge in [-0.05, 0) is 5.56 Å². The fourth-order valence-electron chi connectivity index (χ4n) is 3.55. The van der Waals surface area contributed by atoms with E-state index >= 15 is 0 Å². The summed E-state index contributed by atoms with van der Waals surface area (Å²) in [6.07, 6.45) is -2.20. The number of aliphatic hydroxyl groups is 3. The first-order valence-electron chi connectivity index (χ1n) is 9.67. The lowest BCUT2D eigenvalue weighted by Crippen LogP contribution is -2.42. The van der Waals surface area contributed by atoms with E-state index in [4.69, 9.17) is 9.88 Å². The van der Waals surface area contributed by atoms with Crippen LogP contribution in [0.2, 0.25) is 0 Å². The largest absolute Gasteiger partial charge is 0.394 e. The topological polar surface area (TPSA) is 198 Å². The van der Waals surface area contributed by atoms with Crippen molar-refractivity contribution in [2.75, 3.05) is 18.5 Å². The van der Waals surface area contributed by atoms with E-state index in [-0.39, 0.29) is 13.2 Å². The molecule has 1 aromatic carbocycles. The van der Waals surface area contributed by atoms with Crippen molar-refractivity contribution in [1.29, 1.82) is 0 Å². The number of nitrogens with one attached hydrogen (secondary N) is 2. The van der Waals surface area contributed by atoms with Crippen LogP contribution in [0.4, 0.5) is 5.82 Å². The second-order valence-electron chi connectivity index (χ2n) is 7.28. The summed E-state index contributed by atoms with van der Waals surface area (Å²) in [6, 6.07) is 8.87. The van der Waals surface area contributed by atoms with Gasteiger partial charge in [-0.25, -0.2) is 20.1 Å². The first-order valence-corrected chi connectivity index (χ1v) is 11.2. The second-order valence-corrected chi connectivity index (χ2v) is 8.65. The lowest BCUT2D eigenvalue weighted by atomic mass is 10.1. The number of nitrogens with two attached hydrogens (primary N) is 1. The van der Waals surface area contributed by atoms with Gasteiger partial charge in [0.15, 0.2) is 23.2 Å². The van der Waals surface area contributed by atoms with Gasteiger partial charge in [-0.1, -0.05) is 30.3 Å². The molecule has 13 nitrogen and oxygen atoms in total. The minimum atomic E-state index is -3.99. The Morgan fingerprint density at radius 2 is 1.91 bits per heavy atom. The molecule has 0 saturated carbocycles. The predicted molar refractivity (Wildman–Crippen MR) is 112 cm³/mol. The van der Waals surface area contributed by atoms with Gasteiger partial charge in [0.25, 0.3) is 10.2 Å². The maximum atomic E-state index is 11.1. The van der Waals surface area contributed by atoms with Crippen LogP contribution < -0.4 is 15.2 Å². The van der Waals surface area contributed by atoms with Crippen molar-refractivity contribution in [3.05, 3.63) is 48.5 Å². The Morgan fingerprint density at radius 1 is 1.16 bits per heavy atom. The first-order chi connectivity index (χ1) is 15.3. The molecule has 0 aliphatic carbocycles. The number of nitrogens with zero attached hydrogens (tertiary/aromatic N) is 4. The molecule has 7 N–H and O–H groups in total. The molecule has 0 radical (unpaired) electrons. The minimum absolute atomic E-state index is 0.189. The van der Waals surface area contributed by atoms with Crippen molar-refractivity contribution in [2.24, 2.45) is 5.14 Å². The number of aliphatic hydroxyl groups excluding tert-OH is 3. The Hall–Kier alpha value is -2.72. The van der Waals surface area contributed by atoms with Crippen LogP contribution in [-0.4, -0.2) is 74.7 Å². The van der Waals surface area contributed by atoms with Gasteiger partial charge in [-0.15, -0.1) is 0 Å². The van der Waals surface area contributed by atoms with Crippen LogP contribution >= 0.6 is 0 Å². The molecule has 1 aliphatic rings. The number of imidazole rings is 1. The highest BCUT2D eigenvalue weighted by Crippen LogP contribution is 2.32. The maximum absolute atomic E-state index is 11.1. The molecular weight excluding hydrogens is 442 g/mol. The Kier molecular flexibility index (Phi) is 6.34. The van der Waals surface area contributed by atoms with Crippen molar-refractivity contribution in [1.82, 2.24) is 24.2 Å². The zero-order valence-electron chi connectivity index (χ0n) is 16.7. The molecule has 2 aromatic heterocycles. The second kappa shape index (κ2) is 9.03. The average molecular weight is 465 g/mol. The highest BCUT2D eigenvalue weighted by atomic mass is 32.2. The van der Waals surface area contributed by atoms with Gasteiger partial charge < -0.3 is 25.4 Å². The van der Waals surface area contributed by atoms with Crippen LogP contribution in [0.3, 0.4) is 0 Å². The molecule has 1 aliphatic heterocycles. The number of benzene rings is 1. The van der Waals surface area contributed by atoms with E-state index in [2.05, 4.69) is 20.3 Å². The molecule has 5 atom stereocenters. The third-order valence-electron chi connectivity index (χ3n) is 5.15. The quantitative estimate of drug-likeness (QED) is 0.225. The zero-order valence-corrected chi connectivity index (χ0v) is 17.5. The van der Waals surface area contributed by atoms with E-state index in [1.54, 1.807) is 0 Å². The SMILES string of the molecule is NS(=O)(=O)NC[C@H]1O[C@@H](n2cnc3c(N[C@@H](CO)c4ccccc4)ncnc32)[C@H](O)[C@@H]1O. The number of fused-ring (bicyclic) bond motifs is 1. The van der Waals surface area contributed by atoms with Gasteiger partial charge in [-0.3, -0.25) is 4.57 Å². The van der Waals surface area contributed by atoms with Crippen LogP contribution in [-0.2, 0) is 14.9 Å². The number of anilines is 1. The van der Waals surface area contributed by atoms with Crippen molar-refractivity contribution in [3.63, 3.8) is 0 Å². The van der Waals surface area contributed by atoms with E-state index < -0.39 is 40.8 Å². The molecule has 0 unspecified atom stereocenters. The predicted octanol–water partition coefficient (Wildman–Crippen LogP) is -1.62. The zero-order chi connectivity index (χ0) is 22.9. The minimum Gasteiger partial charge on any atom is -0.394 e. The van der Waals surface area contributed by atoms with Gasteiger partial charge in [0.1, 0.15) is 24.6 Å². The molecule has 1 fully saturated rings. The molecule has 0 amide bonds. The molecule has 3 heterocycles. The molecule has 32 heavy (non-hydrogen) atoms. The summed E-state index contributed by atoms with van der Waals surface area (Å²) in [6.45, 7) is -0.511. The summed E-state index contributed by atoms with van der Waals surface area (Å²) >= 11 is 0. The molecule has 3 aromatic rings. The molecule has 0 spiro atoms. The summed E-state index contributed by atoms with van der Waals surface area (Å²) in [4.78, 5) is 12.7. The van der Waals surface area contributed by atoms with Crippen LogP contribution in [0.1, 0.15) is 17.8 Å². The highest BCUT2D eigenvalue weighted by molar-refractivity contribution is 7.87. The number of aromatic nitrogens is 4. The third kappa shape index (κ3) is 4.56. The summed E-state index contributed by atoms with van der Waals surface area (Å²) in [5, 5.41) is 38.6. The van der Waals surface area contributed by atoms with Crippen LogP contribution in [0, 0.1) is 0 Å². The number of hydrogen-bond donors (Lipinski definition) is 6. The molecular formula is C18H23N7O6S. The van der Waals surface area contributed by atoms with Crippen LogP contribution in [0.5, 0.6) is 0 Å². The lowest BCUT2D eigenvalue weighted by molar-refractivity contribution is -0.0330. The fourth-order valence-corrected chi connectivity index (χ4v) is 3.95. The summed E-state index contributed by atoms with van der Waals surface area (Å²) in [5.74, 6) is 0.358. The van der Waals surface area contributed by atoms with E-state index in [9.17, 15) is 23.7 Å². The van der Waals surface area contributed by atoms with Gasteiger partial charge in [0.05, 0.1) is 19.0 Å². The number of rotatable bonds is 8. The first kappa shape index (κ1) is 22.5. The Morgan fingerprint density at radius 3 is 2.59 bits per heavy atom. The third-order valence-corrected chi connectivity index (χ3v) is 5.72. The summed E-state index contributed by atoms with van der Waals surface area (Å²) in [5.41, 5.74) is 1.52. The normalized spacial score (nSPS) is 24.6. The highest BCUT2D eigenvalue weighted by Gasteiger charge is 2.44. The average Bonchev–Trinajstić information content (AvgIpc) is 3.32. The van der Waals surface area contributed by atoms with Gasteiger partial charge >= 0.3 is 0 Å². The van der Waals surface area contributed by atoms with Crippen LogP contribution in [0.15, 0.2) is 43.0 Å². The van der Waals surface area contributed by atoms with Crippen molar-refractivity contribution >= 4 is 27.2 Å². The molecule has 14 heteroatoms. The molecule has 1 saturated heterocycles. The van der Waals surface area contributed by atoms with Crippen molar-refractivity contribution in [2.45, 2.75) is 30.6 Å². The van der Waals surface area contributed by atoms with Gasteiger partial charge in [-0.2, -0.15) is 13.1 Å². The summed E-state index contributed by atoms with van der Waals surface area (Å²) < 4.78 is 31.4. The van der Waals surface area contributed by atoms with Crippen LogP contribution in [0.25, 0.3) is 11.2 Å². The number of hydrogen-bond acceptors (Lipinski definition) is 10. The van der Waals surface area contributed by atoms with Gasteiger partial charge in [0, 0.05) is 6.54 Å². The maximum Gasteiger partial charge on any atom is 0.274 e. The van der Waals surface area contributed by atoms with Crippen molar-refractivity contribution < 1.29 is 28.5 Å². The van der Waals surface area contributed by atoms with E-state index in [1.807, 2.05) is 35.1 Å². The van der Waals surface area contributed by atoms with E-state index in [1.165, 1.54) is 17.2 Å². The smallest absolute Gasteiger partial charge is 0.274 e. The molecule has 172 valence electrons. The lowest BCUT2D eigenvalue weighted by Gasteiger charge is -2.18. The number of ether oxygens (including phenoxy) is 1. The standard InChI is InChI=1S/C18H23N7O6S/c19-32(29,30)23-6-12-14(27)15(28)18(31-12)25-9-22-13-16(20-8-21-17(13)25)24-11(7-26)10-4-2-1-3-5-10/h1-5,8-9,11-12,14-15,18,23,26-28H,6-7H2,(H2,19,29,30)(H,20,21,24)/t11-,12+,14+,15+,18+/m0/s1. The Labute approximate surface area is 183 Å². The molecule has 4 rings (SSSR count). The Bertz CT molecular complexity index is 1180. The van der Waals surface area contributed by atoms with Crippen molar-refractivity contribution in [3.8, 4) is 0 Å². The van der Waals surface area contributed by atoms with Gasteiger partial charge in [0.2, 0.25) is 0 Å².